The fourth-order valence-electron chi connectivity index (χ4n) is 5.16. The number of thiazole rings is 2. The molecular formula is C33H31F2N7O3S2. The second kappa shape index (κ2) is 14.0. The summed E-state index contributed by atoms with van der Waals surface area (Å²) in [5.74, 6) is 5.23. The minimum absolute atomic E-state index is 0.0185. The zero-order valence-corrected chi connectivity index (χ0v) is 27.6. The molecule has 6 rings (SSSR count). The zero-order chi connectivity index (χ0) is 33.1. The second-order valence-electron chi connectivity index (χ2n) is 11.2. The normalized spacial score (nSPS) is 12.6. The fourth-order valence-corrected chi connectivity index (χ4v) is 7.15. The van der Waals surface area contributed by atoms with Crippen molar-refractivity contribution in [3.8, 4) is 17.6 Å². The van der Waals surface area contributed by atoms with Crippen LogP contribution in [0, 0.1) is 30.4 Å². The third-order valence-electron chi connectivity index (χ3n) is 7.46. The van der Waals surface area contributed by atoms with Gasteiger partial charge in [-0.05, 0) is 77.0 Å². The Hall–Kier alpha value is -4.71. The number of ether oxygens (including phenoxy) is 1. The van der Waals surface area contributed by atoms with Crippen molar-refractivity contribution in [2.24, 2.45) is 0 Å². The smallest absolute Gasteiger partial charge is 0.355 e. The van der Waals surface area contributed by atoms with E-state index < -0.39 is 11.8 Å². The standard InChI is InChI=1S/C33H31F2N7O3S2/c1-19-21-9-6-16-42(30(21)40-39-29(19)38-32-36-24-11-4-10-22(34)28(24)47-32)33-37-27(31(43)44)26(46-33)12-7-17-45-25-14-13-20(18-23(25)35)8-5-15-41(2)3/h4,10-11,13-14,18H,6-7,9,12,15-17H2,1-3H3,(H,43,44)(H,36,38,39). The van der Waals surface area contributed by atoms with Crippen LogP contribution in [0.25, 0.3) is 10.2 Å². The summed E-state index contributed by atoms with van der Waals surface area (Å²) in [6, 6.07) is 9.39. The number of aromatic carboxylic acids is 1. The van der Waals surface area contributed by atoms with Gasteiger partial charge >= 0.3 is 5.97 Å². The molecule has 1 aliphatic rings. The Morgan fingerprint density at radius 1 is 1.15 bits per heavy atom. The van der Waals surface area contributed by atoms with E-state index >= 15 is 0 Å². The van der Waals surface area contributed by atoms with Gasteiger partial charge in [0.25, 0.3) is 0 Å². The Morgan fingerprint density at radius 2 is 2.00 bits per heavy atom. The van der Waals surface area contributed by atoms with Crippen LogP contribution in [0.3, 0.4) is 0 Å². The lowest BCUT2D eigenvalue weighted by Gasteiger charge is -2.28. The van der Waals surface area contributed by atoms with E-state index in [9.17, 15) is 18.7 Å². The molecule has 14 heteroatoms. The van der Waals surface area contributed by atoms with Crippen molar-refractivity contribution in [2.45, 2.75) is 32.6 Å². The van der Waals surface area contributed by atoms with E-state index in [0.29, 0.717) is 68.5 Å². The number of carboxylic acids is 1. The number of benzene rings is 2. The number of carboxylic acid groups (broad SMARTS) is 1. The molecular weight excluding hydrogens is 645 g/mol. The average Bonchev–Trinajstić information content (AvgIpc) is 3.66. The van der Waals surface area contributed by atoms with Crippen LogP contribution in [0.15, 0.2) is 36.4 Å². The molecule has 4 heterocycles. The highest BCUT2D eigenvalue weighted by molar-refractivity contribution is 7.22. The van der Waals surface area contributed by atoms with E-state index in [1.165, 1.54) is 34.8 Å². The van der Waals surface area contributed by atoms with Crippen molar-refractivity contribution in [3.05, 3.63) is 75.3 Å². The lowest BCUT2D eigenvalue weighted by atomic mass is 10.0. The van der Waals surface area contributed by atoms with E-state index in [4.69, 9.17) is 4.74 Å². The van der Waals surface area contributed by atoms with Gasteiger partial charge in [0, 0.05) is 28.1 Å². The summed E-state index contributed by atoms with van der Waals surface area (Å²) in [6.07, 6.45) is 2.43. The van der Waals surface area contributed by atoms with Crippen LogP contribution in [-0.4, -0.2) is 69.9 Å². The Balaban J connectivity index is 1.14. The van der Waals surface area contributed by atoms with E-state index in [-0.39, 0.29) is 23.9 Å². The van der Waals surface area contributed by atoms with Crippen molar-refractivity contribution in [3.63, 3.8) is 0 Å². The van der Waals surface area contributed by atoms with Gasteiger partial charge < -0.3 is 20.1 Å². The maximum atomic E-state index is 14.6. The number of fused-ring (bicyclic) bond motifs is 2. The molecule has 0 atom stereocenters. The lowest BCUT2D eigenvalue weighted by molar-refractivity contribution is 0.0690. The number of nitrogens with one attached hydrogen (secondary N) is 1. The first kappa shape index (κ1) is 32.2. The van der Waals surface area contributed by atoms with Crippen LogP contribution in [0.4, 0.5) is 30.7 Å². The molecule has 10 nitrogen and oxygen atoms in total. The Kier molecular flexibility index (Phi) is 9.58. The molecule has 242 valence electrons. The van der Waals surface area contributed by atoms with Gasteiger partial charge in [0.15, 0.2) is 39.2 Å². The summed E-state index contributed by atoms with van der Waals surface area (Å²) in [5.41, 5.74) is 2.97. The van der Waals surface area contributed by atoms with Crippen LogP contribution in [0.1, 0.15) is 44.9 Å². The lowest BCUT2D eigenvalue weighted by Crippen LogP contribution is -2.27. The van der Waals surface area contributed by atoms with Gasteiger partial charge in [-0.3, -0.25) is 4.90 Å². The summed E-state index contributed by atoms with van der Waals surface area (Å²) < 4.78 is 34.9. The van der Waals surface area contributed by atoms with Crippen molar-refractivity contribution in [1.82, 2.24) is 25.1 Å². The summed E-state index contributed by atoms with van der Waals surface area (Å²) in [4.78, 5) is 25.5. The number of carbonyl (C=O) groups is 1. The van der Waals surface area contributed by atoms with Crippen molar-refractivity contribution < 1.29 is 23.4 Å². The fraction of sp³-hybridized carbons (Fsp3) is 0.303. The van der Waals surface area contributed by atoms with Crippen LogP contribution < -0.4 is 15.0 Å². The molecule has 0 amide bonds. The van der Waals surface area contributed by atoms with Gasteiger partial charge in [0.05, 0.1) is 23.4 Å². The van der Waals surface area contributed by atoms with Gasteiger partial charge in [-0.15, -0.1) is 21.5 Å². The van der Waals surface area contributed by atoms with Crippen LogP contribution >= 0.6 is 22.7 Å². The van der Waals surface area contributed by atoms with E-state index in [0.717, 1.165) is 24.0 Å². The number of hydrogen-bond acceptors (Lipinski definition) is 11. The van der Waals surface area contributed by atoms with E-state index in [2.05, 4.69) is 37.3 Å². The van der Waals surface area contributed by atoms with Crippen LogP contribution in [0.5, 0.6) is 5.75 Å². The number of halogens is 2. The van der Waals surface area contributed by atoms with Gasteiger partial charge in [-0.1, -0.05) is 29.2 Å². The zero-order valence-electron chi connectivity index (χ0n) is 25.9. The summed E-state index contributed by atoms with van der Waals surface area (Å²) in [7, 11) is 3.82. The molecule has 0 spiro atoms. The second-order valence-corrected chi connectivity index (χ2v) is 13.2. The number of anilines is 4. The highest BCUT2D eigenvalue weighted by Crippen LogP contribution is 2.39. The summed E-state index contributed by atoms with van der Waals surface area (Å²) in [5, 5.41) is 23.1. The molecule has 2 aromatic carbocycles. The van der Waals surface area contributed by atoms with E-state index in [1.54, 1.807) is 24.3 Å². The molecule has 0 saturated carbocycles. The van der Waals surface area contributed by atoms with Gasteiger partial charge in [0.2, 0.25) is 0 Å². The van der Waals surface area contributed by atoms with Gasteiger partial charge in [0.1, 0.15) is 5.82 Å². The largest absolute Gasteiger partial charge is 0.491 e. The molecule has 5 aromatic rings. The molecule has 0 radical (unpaired) electrons. The molecule has 1 aliphatic heterocycles. The molecule has 2 N–H and O–H groups in total. The number of aryl methyl sites for hydroxylation is 1. The number of aromatic nitrogens is 4. The topological polar surface area (TPSA) is 117 Å². The predicted molar refractivity (Wildman–Crippen MR) is 180 cm³/mol. The average molecular weight is 676 g/mol. The minimum Gasteiger partial charge on any atom is -0.491 e. The first-order chi connectivity index (χ1) is 22.7. The highest BCUT2D eigenvalue weighted by Gasteiger charge is 2.28. The minimum atomic E-state index is -1.12. The van der Waals surface area contributed by atoms with Gasteiger partial charge in [-0.2, -0.15) is 0 Å². The number of nitrogens with zero attached hydrogens (tertiary/aromatic N) is 6. The number of rotatable bonds is 10. The maximum absolute atomic E-state index is 14.6. The first-order valence-corrected chi connectivity index (χ1v) is 16.6. The monoisotopic (exact) mass is 675 g/mol. The highest BCUT2D eigenvalue weighted by atomic mass is 32.1. The molecule has 3 aromatic heterocycles. The third kappa shape index (κ3) is 7.17. The Labute approximate surface area is 278 Å². The third-order valence-corrected chi connectivity index (χ3v) is 9.60. The molecule has 0 aliphatic carbocycles. The van der Waals surface area contributed by atoms with Crippen molar-refractivity contribution in [2.75, 3.05) is 44.0 Å². The molecule has 0 saturated heterocycles. The van der Waals surface area contributed by atoms with Gasteiger partial charge in [-0.25, -0.2) is 23.5 Å². The van der Waals surface area contributed by atoms with Crippen molar-refractivity contribution in [1.29, 1.82) is 0 Å². The summed E-state index contributed by atoms with van der Waals surface area (Å²) >= 11 is 2.50. The van der Waals surface area contributed by atoms with Crippen molar-refractivity contribution >= 4 is 60.8 Å². The molecule has 47 heavy (non-hydrogen) atoms. The molecule has 0 unspecified atom stereocenters. The molecule has 0 fully saturated rings. The summed E-state index contributed by atoms with van der Waals surface area (Å²) in [6.45, 7) is 3.32. The maximum Gasteiger partial charge on any atom is 0.355 e. The Morgan fingerprint density at radius 3 is 2.77 bits per heavy atom. The quantitative estimate of drug-likeness (QED) is 0.124. The van der Waals surface area contributed by atoms with Crippen LogP contribution in [0.2, 0.25) is 0 Å². The SMILES string of the molecule is Cc1c(Nc2nc3cccc(F)c3s2)nnc2c1CCCN2c1nc(C(=O)O)c(CCCOc2ccc(C#CCN(C)C)cc2F)s1. The predicted octanol–water partition coefficient (Wildman–Crippen LogP) is 6.58. The van der Waals surface area contributed by atoms with E-state index in [1.807, 2.05) is 30.8 Å². The number of hydrogen-bond donors (Lipinski definition) is 2. The Bertz CT molecular complexity index is 2020. The first-order valence-electron chi connectivity index (χ1n) is 14.9. The van der Waals surface area contributed by atoms with Crippen LogP contribution in [-0.2, 0) is 12.8 Å². The molecule has 0 bridgehead atoms.